The topological polar surface area (TPSA) is 63.8 Å². The number of halogens is 1. The monoisotopic (exact) mass is 254 g/mol. The number of anilines is 2. The number of nitrogen functional groups attached to an aromatic ring is 1. The van der Waals surface area contributed by atoms with Gasteiger partial charge >= 0.3 is 0 Å². The minimum absolute atomic E-state index is 0.247. The standard InChI is InChI=1S/C12H19ClN4/c1-7(2)11-16-10(13)9(14)12(17-11)15-8-5-3-4-6-8/h7-8H,3-6,14H2,1-2H3,(H,15,16,17). The molecule has 0 amide bonds. The molecule has 5 heteroatoms. The molecule has 0 aromatic carbocycles. The van der Waals surface area contributed by atoms with E-state index in [0.717, 1.165) is 5.82 Å². The van der Waals surface area contributed by atoms with Gasteiger partial charge in [-0.25, -0.2) is 9.97 Å². The highest BCUT2D eigenvalue weighted by Gasteiger charge is 2.18. The highest BCUT2D eigenvalue weighted by molar-refractivity contribution is 6.32. The van der Waals surface area contributed by atoms with Crippen LogP contribution < -0.4 is 11.1 Å². The Balaban J connectivity index is 2.24. The normalized spacial score (nSPS) is 16.7. The molecule has 0 bridgehead atoms. The van der Waals surface area contributed by atoms with Crippen LogP contribution in [-0.4, -0.2) is 16.0 Å². The summed E-state index contributed by atoms with van der Waals surface area (Å²) in [6.07, 6.45) is 4.90. The maximum Gasteiger partial charge on any atom is 0.157 e. The second kappa shape index (κ2) is 5.08. The van der Waals surface area contributed by atoms with Crippen LogP contribution >= 0.6 is 11.6 Å². The summed E-state index contributed by atoms with van der Waals surface area (Å²) in [5.74, 6) is 1.68. The second-order valence-corrected chi connectivity index (χ2v) is 5.27. The third kappa shape index (κ3) is 2.80. The van der Waals surface area contributed by atoms with Crippen molar-refractivity contribution in [2.24, 2.45) is 0 Å². The summed E-state index contributed by atoms with van der Waals surface area (Å²) in [6, 6.07) is 0.475. The molecule has 1 aromatic heterocycles. The van der Waals surface area contributed by atoms with Crippen molar-refractivity contribution in [3.8, 4) is 0 Å². The molecule has 94 valence electrons. The van der Waals surface area contributed by atoms with Crippen molar-refractivity contribution < 1.29 is 0 Å². The van der Waals surface area contributed by atoms with Crippen LogP contribution in [0.1, 0.15) is 51.3 Å². The number of nitrogens with one attached hydrogen (secondary N) is 1. The Hall–Kier alpha value is -1.03. The molecule has 0 aliphatic heterocycles. The van der Waals surface area contributed by atoms with Gasteiger partial charge in [0.05, 0.1) is 0 Å². The minimum atomic E-state index is 0.247. The van der Waals surface area contributed by atoms with E-state index in [4.69, 9.17) is 17.3 Å². The van der Waals surface area contributed by atoms with Gasteiger partial charge in [-0.15, -0.1) is 0 Å². The Kier molecular flexibility index (Phi) is 3.72. The fraction of sp³-hybridized carbons (Fsp3) is 0.667. The summed E-state index contributed by atoms with van der Waals surface area (Å²) in [5, 5.41) is 3.74. The van der Waals surface area contributed by atoms with Crippen LogP contribution in [0, 0.1) is 0 Å². The first-order chi connectivity index (χ1) is 8.08. The minimum Gasteiger partial charge on any atom is -0.393 e. The molecule has 0 atom stereocenters. The van der Waals surface area contributed by atoms with Crippen molar-refractivity contribution >= 4 is 23.1 Å². The zero-order valence-electron chi connectivity index (χ0n) is 10.3. The van der Waals surface area contributed by atoms with Gasteiger partial charge in [-0.3, -0.25) is 0 Å². The zero-order valence-corrected chi connectivity index (χ0v) is 11.1. The summed E-state index contributed by atoms with van der Waals surface area (Å²) in [7, 11) is 0. The van der Waals surface area contributed by atoms with E-state index in [0.29, 0.717) is 22.7 Å². The lowest BCUT2D eigenvalue weighted by molar-refractivity contribution is 0.736. The van der Waals surface area contributed by atoms with Crippen molar-refractivity contribution in [2.75, 3.05) is 11.1 Å². The Morgan fingerprint density at radius 1 is 1.29 bits per heavy atom. The van der Waals surface area contributed by atoms with Gasteiger partial charge < -0.3 is 11.1 Å². The molecule has 1 aromatic rings. The summed E-state index contributed by atoms with van der Waals surface area (Å²) >= 11 is 6.03. The van der Waals surface area contributed by atoms with Crippen LogP contribution in [0.15, 0.2) is 0 Å². The van der Waals surface area contributed by atoms with Gasteiger partial charge in [0.25, 0.3) is 0 Å². The van der Waals surface area contributed by atoms with Gasteiger partial charge in [0, 0.05) is 12.0 Å². The molecule has 1 saturated carbocycles. The van der Waals surface area contributed by atoms with E-state index in [9.17, 15) is 0 Å². The number of aromatic nitrogens is 2. The van der Waals surface area contributed by atoms with Gasteiger partial charge in [-0.05, 0) is 12.8 Å². The van der Waals surface area contributed by atoms with Gasteiger partial charge in [0.15, 0.2) is 11.0 Å². The smallest absolute Gasteiger partial charge is 0.157 e. The SMILES string of the molecule is CC(C)c1nc(Cl)c(N)c(NC2CCCC2)n1. The summed E-state index contributed by atoms with van der Waals surface area (Å²) in [6.45, 7) is 4.09. The molecule has 1 heterocycles. The highest BCUT2D eigenvalue weighted by Crippen LogP contribution is 2.29. The average molecular weight is 255 g/mol. The Bertz CT molecular complexity index is 400. The number of hydrogen-bond donors (Lipinski definition) is 2. The Labute approximate surface area is 107 Å². The quantitative estimate of drug-likeness (QED) is 0.813. The lowest BCUT2D eigenvalue weighted by atomic mass is 10.2. The molecule has 3 N–H and O–H groups in total. The van der Waals surface area contributed by atoms with Crippen molar-refractivity contribution in [1.82, 2.24) is 9.97 Å². The number of nitrogens with two attached hydrogens (primary N) is 1. The molecular weight excluding hydrogens is 236 g/mol. The van der Waals surface area contributed by atoms with Crippen LogP contribution in [0.5, 0.6) is 0 Å². The van der Waals surface area contributed by atoms with Gasteiger partial charge in [0.2, 0.25) is 0 Å². The predicted octanol–water partition coefficient (Wildman–Crippen LogP) is 3.19. The Morgan fingerprint density at radius 2 is 1.94 bits per heavy atom. The van der Waals surface area contributed by atoms with Crippen molar-refractivity contribution in [1.29, 1.82) is 0 Å². The van der Waals surface area contributed by atoms with Crippen LogP contribution in [0.4, 0.5) is 11.5 Å². The van der Waals surface area contributed by atoms with E-state index in [-0.39, 0.29) is 5.92 Å². The molecule has 1 aliphatic rings. The van der Waals surface area contributed by atoms with E-state index in [1.165, 1.54) is 25.7 Å². The molecular formula is C12H19ClN4. The van der Waals surface area contributed by atoms with E-state index in [1.807, 2.05) is 13.8 Å². The molecule has 2 rings (SSSR count). The zero-order chi connectivity index (χ0) is 12.4. The van der Waals surface area contributed by atoms with E-state index in [1.54, 1.807) is 0 Å². The predicted molar refractivity (Wildman–Crippen MR) is 71.4 cm³/mol. The lowest BCUT2D eigenvalue weighted by Gasteiger charge is -2.16. The summed E-state index contributed by atoms with van der Waals surface area (Å²) in [5.41, 5.74) is 6.37. The largest absolute Gasteiger partial charge is 0.393 e. The van der Waals surface area contributed by atoms with Crippen LogP contribution in [-0.2, 0) is 0 Å². The number of rotatable bonds is 3. The molecule has 17 heavy (non-hydrogen) atoms. The van der Waals surface area contributed by atoms with E-state index < -0.39 is 0 Å². The maximum atomic E-state index is 6.03. The number of hydrogen-bond acceptors (Lipinski definition) is 4. The second-order valence-electron chi connectivity index (χ2n) is 4.92. The van der Waals surface area contributed by atoms with E-state index in [2.05, 4.69) is 15.3 Å². The van der Waals surface area contributed by atoms with Crippen molar-refractivity contribution in [3.05, 3.63) is 11.0 Å². The molecule has 4 nitrogen and oxygen atoms in total. The third-order valence-electron chi connectivity index (χ3n) is 3.13. The van der Waals surface area contributed by atoms with Crippen LogP contribution in [0.25, 0.3) is 0 Å². The molecule has 1 aliphatic carbocycles. The number of nitrogens with zero attached hydrogens (tertiary/aromatic N) is 2. The van der Waals surface area contributed by atoms with Crippen molar-refractivity contribution in [3.63, 3.8) is 0 Å². The first kappa shape index (κ1) is 12.4. The molecule has 0 saturated heterocycles. The van der Waals surface area contributed by atoms with E-state index >= 15 is 0 Å². The lowest BCUT2D eigenvalue weighted by Crippen LogP contribution is -2.18. The molecule has 1 fully saturated rings. The molecule has 0 unspecified atom stereocenters. The Morgan fingerprint density at radius 3 is 2.53 bits per heavy atom. The van der Waals surface area contributed by atoms with Crippen molar-refractivity contribution in [2.45, 2.75) is 51.5 Å². The van der Waals surface area contributed by atoms with Gasteiger partial charge in [-0.1, -0.05) is 38.3 Å². The van der Waals surface area contributed by atoms with Crippen LogP contribution in [0.2, 0.25) is 5.15 Å². The molecule has 0 radical (unpaired) electrons. The van der Waals surface area contributed by atoms with Crippen LogP contribution in [0.3, 0.4) is 0 Å². The third-order valence-corrected chi connectivity index (χ3v) is 3.42. The summed E-state index contributed by atoms with van der Waals surface area (Å²) < 4.78 is 0. The fourth-order valence-electron chi connectivity index (χ4n) is 2.09. The first-order valence-corrected chi connectivity index (χ1v) is 6.55. The average Bonchev–Trinajstić information content (AvgIpc) is 2.77. The summed E-state index contributed by atoms with van der Waals surface area (Å²) in [4.78, 5) is 8.66. The first-order valence-electron chi connectivity index (χ1n) is 6.17. The fourth-order valence-corrected chi connectivity index (χ4v) is 2.27. The van der Waals surface area contributed by atoms with Gasteiger partial charge in [-0.2, -0.15) is 0 Å². The van der Waals surface area contributed by atoms with Gasteiger partial charge in [0.1, 0.15) is 11.5 Å². The molecule has 0 spiro atoms. The maximum absolute atomic E-state index is 6.03. The highest BCUT2D eigenvalue weighted by atomic mass is 35.5.